The lowest BCUT2D eigenvalue weighted by atomic mass is 10.1. The number of esters is 2. The topological polar surface area (TPSA) is 81.7 Å². The predicted molar refractivity (Wildman–Crippen MR) is 125 cm³/mol. The van der Waals surface area contributed by atoms with E-state index in [0.717, 1.165) is 44.9 Å². The third-order valence-corrected chi connectivity index (χ3v) is 5.27. The van der Waals surface area contributed by atoms with Crippen molar-refractivity contribution >= 4 is 17.8 Å². The highest BCUT2D eigenvalue weighted by molar-refractivity contribution is 5.84. The molecule has 1 amide bonds. The van der Waals surface area contributed by atoms with Gasteiger partial charge in [-0.25, -0.2) is 4.79 Å². The van der Waals surface area contributed by atoms with Gasteiger partial charge in [0.25, 0.3) is 0 Å². The first kappa shape index (κ1) is 29.4. The fraction of sp³-hybridized carbons (Fsp3) is 0.880. The first-order valence-electron chi connectivity index (χ1n) is 12.7. The summed E-state index contributed by atoms with van der Waals surface area (Å²) < 4.78 is 10.4. The number of amides is 1. The maximum absolute atomic E-state index is 12.4. The standard InChI is InChI=1S/C25H47NO5/c1-4-7-10-11-12-13-14-15-16-17-23(27)26-22(25(29)31-21-9-6-3)18-19-24(28)30-20-8-5-2/h22H,4-21H2,1-3H3,(H,26,27). The van der Waals surface area contributed by atoms with Gasteiger partial charge in [0.1, 0.15) is 6.04 Å². The molecule has 6 heteroatoms. The van der Waals surface area contributed by atoms with Gasteiger partial charge in [0.2, 0.25) is 5.91 Å². The second kappa shape index (κ2) is 21.6. The maximum Gasteiger partial charge on any atom is 0.328 e. The summed E-state index contributed by atoms with van der Waals surface area (Å²) in [6.07, 6.45) is 14.9. The molecule has 0 rings (SSSR count). The highest BCUT2D eigenvalue weighted by atomic mass is 16.5. The first-order chi connectivity index (χ1) is 15.0. The lowest BCUT2D eigenvalue weighted by Crippen LogP contribution is -2.42. The Morgan fingerprint density at radius 2 is 1.16 bits per heavy atom. The molecule has 0 aliphatic heterocycles. The highest BCUT2D eigenvalue weighted by Gasteiger charge is 2.23. The Hall–Kier alpha value is -1.59. The average molecular weight is 442 g/mol. The van der Waals surface area contributed by atoms with E-state index in [9.17, 15) is 14.4 Å². The first-order valence-corrected chi connectivity index (χ1v) is 12.7. The SMILES string of the molecule is CCCCCCCCCCCC(=O)NC(CCC(=O)OCCCC)C(=O)OCCCC. The van der Waals surface area contributed by atoms with Crippen molar-refractivity contribution in [2.24, 2.45) is 0 Å². The summed E-state index contributed by atoms with van der Waals surface area (Å²) in [5.74, 6) is -0.956. The van der Waals surface area contributed by atoms with E-state index in [-0.39, 0.29) is 24.7 Å². The van der Waals surface area contributed by atoms with E-state index in [1.807, 2.05) is 13.8 Å². The second-order valence-electron chi connectivity index (χ2n) is 8.33. The van der Waals surface area contributed by atoms with Crippen molar-refractivity contribution in [2.75, 3.05) is 13.2 Å². The molecule has 1 N–H and O–H groups in total. The van der Waals surface area contributed by atoms with Crippen LogP contribution in [0.25, 0.3) is 0 Å². The van der Waals surface area contributed by atoms with Crippen molar-refractivity contribution in [3.05, 3.63) is 0 Å². The fourth-order valence-electron chi connectivity index (χ4n) is 3.19. The third kappa shape index (κ3) is 18.9. The molecule has 0 aromatic carbocycles. The Balaban J connectivity index is 4.23. The van der Waals surface area contributed by atoms with Crippen LogP contribution in [0.1, 0.15) is 124 Å². The maximum atomic E-state index is 12.4. The van der Waals surface area contributed by atoms with Crippen LogP contribution in [0.5, 0.6) is 0 Å². The van der Waals surface area contributed by atoms with Crippen molar-refractivity contribution in [3.8, 4) is 0 Å². The van der Waals surface area contributed by atoms with E-state index in [2.05, 4.69) is 12.2 Å². The largest absolute Gasteiger partial charge is 0.466 e. The van der Waals surface area contributed by atoms with Gasteiger partial charge in [-0.3, -0.25) is 9.59 Å². The number of ether oxygens (including phenoxy) is 2. The molecular weight excluding hydrogens is 394 g/mol. The van der Waals surface area contributed by atoms with Gasteiger partial charge in [0.05, 0.1) is 13.2 Å². The highest BCUT2D eigenvalue weighted by Crippen LogP contribution is 2.11. The third-order valence-electron chi connectivity index (χ3n) is 5.27. The molecule has 0 fully saturated rings. The Kier molecular flexibility index (Phi) is 20.5. The van der Waals surface area contributed by atoms with E-state index >= 15 is 0 Å². The van der Waals surface area contributed by atoms with E-state index in [1.54, 1.807) is 0 Å². The van der Waals surface area contributed by atoms with E-state index in [4.69, 9.17) is 9.47 Å². The molecule has 0 saturated heterocycles. The molecule has 0 radical (unpaired) electrons. The average Bonchev–Trinajstić information content (AvgIpc) is 2.75. The fourth-order valence-corrected chi connectivity index (χ4v) is 3.19. The van der Waals surface area contributed by atoms with Gasteiger partial charge in [-0.05, 0) is 25.7 Å². The Labute approximate surface area is 190 Å². The summed E-state index contributed by atoms with van der Waals surface area (Å²) >= 11 is 0. The van der Waals surface area contributed by atoms with Crippen LogP contribution in [-0.2, 0) is 23.9 Å². The van der Waals surface area contributed by atoms with E-state index in [1.165, 1.54) is 38.5 Å². The molecular formula is C25H47NO5. The minimum Gasteiger partial charge on any atom is -0.466 e. The molecule has 0 saturated carbocycles. The van der Waals surface area contributed by atoms with Gasteiger partial charge in [-0.15, -0.1) is 0 Å². The summed E-state index contributed by atoms with van der Waals surface area (Å²) in [4.78, 5) is 36.5. The number of hydrogen-bond donors (Lipinski definition) is 1. The van der Waals surface area contributed by atoms with Crippen LogP contribution < -0.4 is 5.32 Å². The molecule has 182 valence electrons. The minimum atomic E-state index is -0.790. The second-order valence-corrected chi connectivity index (χ2v) is 8.33. The molecule has 0 aromatic rings. The Morgan fingerprint density at radius 1 is 0.645 bits per heavy atom. The quantitative estimate of drug-likeness (QED) is 0.178. The zero-order chi connectivity index (χ0) is 23.2. The summed E-state index contributed by atoms with van der Waals surface area (Å²) in [5, 5.41) is 2.77. The van der Waals surface area contributed by atoms with Gasteiger partial charge in [-0.1, -0.05) is 85.0 Å². The van der Waals surface area contributed by atoms with Crippen molar-refractivity contribution < 1.29 is 23.9 Å². The number of hydrogen-bond acceptors (Lipinski definition) is 5. The van der Waals surface area contributed by atoms with E-state index in [0.29, 0.717) is 19.6 Å². The minimum absolute atomic E-state index is 0.0928. The van der Waals surface area contributed by atoms with Crippen LogP contribution >= 0.6 is 0 Å². The van der Waals surface area contributed by atoms with Crippen LogP contribution in [0.15, 0.2) is 0 Å². The number of carbonyl (C=O) groups is 3. The zero-order valence-corrected chi connectivity index (χ0v) is 20.3. The smallest absolute Gasteiger partial charge is 0.328 e. The number of nitrogens with one attached hydrogen (secondary N) is 1. The molecule has 0 heterocycles. The summed E-state index contributed by atoms with van der Waals surface area (Å²) in [6, 6.07) is -0.790. The monoisotopic (exact) mass is 441 g/mol. The summed E-state index contributed by atoms with van der Waals surface area (Å²) in [6.45, 7) is 7.00. The molecule has 0 spiro atoms. The van der Waals surface area contributed by atoms with Gasteiger partial charge in [0.15, 0.2) is 0 Å². The number of unbranched alkanes of at least 4 members (excludes halogenated alkanes) is 10. The van der Waals surface area contributed by atoms with Crippen molar-refractivity contribution in [1.82, 2.24) is 5.32 Å². The molecule has 0 aromatic heterocycles. The van der Waals surface area contributed by atoms with Crippen LogP contribution in [0, 0.1) is 0 Å². The summed E-state index contributed by atoms with van der Waals surface area (Å²) in [7, 11) is 0. The molecule has 0 aliphatic carbocycles. The number of carbonyl (C=O) groups excluding carboxylic acids is 3. The lowest BCUT2D eigenvalue weighted by molar-refractivity contribution is -0.149. The van der Waals surface area contributed by atoms with Crippen LogP contribution in [0.2, 0.25) is 0 Å². The van der Waals surface area contributed by atoms with Crippen molar-refractivity contribution in [2.45, 2.75) is 130 Å². The van der Waals surface area contributed by atoms with Gasteiger partial charge >= 0.3 is 11.9 Å². The van der Waals surface area contributed by atoms with Crippen molar-refractivity contribution in [1.29, 1.82) is 0 Å². The van der Waals surface area contributed by atoms with Gasteiger partial charge in [-0.2, -0.15) is 0 Å². The van der Waals surface area contributed by atoms with Crippen LogP contribution in [-0.4, -0.2) is 37.1 Å². The molecule has 0 bridgehead atoms. The molecule has 1 unspecified atom stereocenters. The zero-order valence-electron chi connectivity index (χ0n) is 20.3. The normalized spacial score (nSPS) is 11.7. The van der Waals surface area contributed by atoms with Crippen LogP contribution in [0.4, 0.5) is 0 Å². The van der Waals surface area contributed by atoms with Crippen LogP contribution in [0.3, 0.4) is 0 Å². The van der Waals surface area contributed by atoms with E-state index < -0.39 is 12.0 Å². The van der Waals surface area contributed by atoms with Gasteiger partial charge < -0.3 is 14.8 Å². The Bertz CT molecular complexity index is 467. The lowest BCUT2D eigenvalue weighted by Gasteiger charge is -2.17. The molecule has 0 aliphatic rings. The molecule has 1 atom stereocenters. The molecule has 31 heavy (non-hydrogen) atoms. The van der Waals surface area contributed by atoms with Gasteiger partial charge in [0, 0.05) is 12.8 Å². The summed E-state index contributed by atoms with van der Waals surface area (Å²) in [5.41, 5.74) is 0. The predicted octanol–water partition coefficient (Wildman–Crippen LogP) is 5.86. The number of rotatable bonds is 21. The Morgan fingerprint density at radius 3 is 1.74 bits per heavy atom. The van der Waals surface area contributed by atoms with Crippen molar-refractivity contribution in [3.63, 3.8) is 0 Å². The molecule has 6 nitrogen and oxygen atoms in total.